The number of nitriles is 1. The van der Waals surface area contributed by atoms with E-state index in [9.17, 15) is 23.6 Å². The average Bonchev–Trinajstić information content (AvgIpc) is 2.97. The number of piperazine rings is 1. The zero-order valence-corrected chi connectivity index (χ0v) is 22.3. The van der Waals surface area contributed by atoms with Gasteiger partial charge in [-0.15, -0.1) is 0 Å². The molecule has 2 amide bonds. The number of anilines is 2. The summed E-state index contributed by atoms with van der Waals surface area (Å²) in [6.45, 7) is 2.88. The van der Waals surface area contributed by atoms with Crippen LogP contribution in [0.2, 0.25) is 5.02 Å². The van der Waals surface area contributed by atoms with E-state index in [2.05, 4.69) is 16.5 Å². The molecule has 0 aliphatic carbocycles. The second-order valence-electron chi connectivity index (χ2n) is 9.88. The lowest BCUT2D eigenvalue weighted by Crippen LogP contribution is -2.66. The molecule has 0 N–H and O–H groups in total. The summed E-state index contributed by atoms with van der Waals surface area (Å²) in [5.74, 6) is -3.99. The number of likely N-dealkylation sites (N-methyl/N-ethyl adjacent to an activating group) is 1. The summed E-state index contributed by atoms with van der Waals surface area (Å²) in [4.78, 5) is 38.8. The van der Waals surface area contributed by atoms with Crippen LogP contribution >= 0.6 is 11.6 Å². The highest BCUT2D eigenvalue weighted by Crippen LogP contribution is 2.44. The normalized spacial score (nSPS) is 18.3. The Bertz CT molecular complexity index is 1860. The Morgan fingerprint density at radius 3 is 2.71 bits per heavy atom. The number of aromatic nitrogens is 2. The van der Waals surface area contributed by atoms with E-state index >= 15 is 4.39 Å². The van der Waals surface area contributed by atoms with E-state index in [-0.39, 0.29) is 52.6 Å². The van der Waals surface area contributed by atoms with Crippen molar-refractivity contribution in [1.29, 1.82) is 5.26 Å². The van der Waals surface area contributed by atoms with Gasteiger partial charge >= 0.3 is 0 Å². The lowest BCUT2D eigenvalue weighted by Gasteiger charge is -2.50. The molecule has 0 radical (unpaired) electrons. The van der Waals surface area contributed by atoms with Crippen LogP contribution in [0.1, 0.15) is 6.42 Å². The number of halogens is 4. The van der Waals surface area contributed by atoms with Crippen LogP contribution in [0.25, 0.3) is 32.9 Å². The van der Waals surface area contributed by atoms with Crippen molar-refractivity contribution in [3.05, 3.63) is 71.8 Å². The van der Waals surface area contributed by atoms with Gasteiger partial charge in [0.1, 0.15) is 23.1 Å². The molecule has 2 atom stereocenters. The molecule has 4 aromatic rings. The Kier molecular flexibility index (Phi) is 6.31. The fourth-order valence-corrected chi connectivity index (χ4v) is 5.99. The first-order valence-corrected chi connectivity index (χ1v) is 12.9. The Morgan fingerprint density at radius 2 is 1.98 bits per heavy atom. The van der Waals surface area contributed by atoms with E-state index in [1.807, 2.05) is 6.07 Å². The fraction of sp³-hybridized carbons (Fsp3) is 0.207. The number of benzene rings is 2. The van der Waals surface area contributed by atoms with Crippen molar-refractivity contribution >= 4 is 56.5 Å². The zero-order valence-electron chi connectivity index (χ0n) is 21.5. The van der Waals surface area contributed by atoms with Crippen LogP contribution in [0.4, 0.5) is 24.5 Å². The molecule has 8 nitrogen and oxygen atoms in total. The second kappa shape index (κ2) is 9.74. The van der Waals surface area contributed by atoms with E-state index in [0.717, 1.165) is 4.90 Å². The van der Waals surface area contributed by atoms with Gasteiger partial charge in [0.15, 0.2) is 11.6 Å². The number of fused-ring (bicyclic) bond motifs is 6. The van der Waals surface area contributed by atoms with Gasteiger partial charge in [-0.3, -0.25) is 19.6 Å². The third-order valence-electron chi connectivity index (χ3n) is 7.68. The molecule has 0 bridgehead atoms. The summed E-state index contributed by atoms with van der Waals surface area (Å²) in [5.41, 5.74) is 0.972. The van der Waals surface area contributed by atoms with Crippen molar-refractivity contribution in [2.45, 2.75) is 18.5 Å². The van der Waals surface area contributed by atoms with E-state index in [0.29, 0.717) is 22.1 Å². The van der Waals surface area contributed by atoms with Gasteiger partial charge in [0.25, 0.3) is 11.8 Å². The SMILES string of the molecule is C=C(F)C(=O)N1CC2C(=O)N(C)c3cnc4c(F)c(-c5cccc6ccc(F)c(Cl)c56)ncc4c3N2CC1CC#N. The molecule has 2 unspecified atom stereocenters. The third kappa shape index (κ3) is 3.97. The second-order valence-corrected chi connectivity index (χ2v) is 10.3. The van der Waals surface area contributed by atoms with Crippen LogP contribution in [-0.2, 0) is 9.59 Å². The van der Waals surface area contributed by atoms with Crippen LogP contribution in [0, 0.1) is 23.0 Å². The Morgan fingerprint density at radius 1 is 1.20 bits per heavy atom. The molecule has 2 aromatic carbocycles. The van der Waals surface area contributed by atoms with Gasteiger partial charge in [0, 0.05) is 36.1 Å². The third-order valence-corrected chi connectivity index (χ3v) is 8.05. The summed E-state index contributed by atoms with van der Waals surface area (Å²) in [6.07, 6.45) is 2.67. The van der Waals surface area contributed by atoms with Crippen molar-refractivity contribution in [2.75, 3.05) is 29.9 Å². The van der Waals surface area contributed by atoms with Crippen molar-refractivity contribution < 1.29 is 22.8 Å². The molecule has 2 aliphatic rings. The van der Waals surface area contributed by atoms with Crippen LogP contribution in [0.3, 0.4) is 0 Å². The predicted octanol–water partition coefficient (Wildman–Crippen LogP) is 5.14. The number of nitrogens with zero attached hydrogens (tertiary/aromatic N) is 6. The minimum atomic E-state index is -1.19. The van der Waals surface area contributed by atoms with Crippen LogP contribution in [-0.4, -0.2) is 58.9 Å². The summed E-state index contributed by atoms with van der Waals surface area (Å²) < 4.78 is 44.4. The number of amides is 2. The largest absolute Gasteiger partial charge is 0.354 e. The molecular formula is C29H20ClF3N6O2. The first kappa shape index (κ1) is 26.5. The molecule has 206 valence electrons. The monoisotopic (exact) mass is 576 g/mol. The average molecular weight is 577 g/mol. The van der Waals surface area contributed by atoms with Crippen LogP contribution in [0.5, 0.6) is 0 Å². The quantitative estimate of drug-likeness (QED) is 0.314. The molecule has 12 heteroatoms. The van der Waals surface area contributed by atoms with Crippen LogP contribution in [0.15, 0.2) is 55.1 Å². The predicted molar refractivity (Wildman–Crippen MR) is 148 cm³/mol. The van der Waals surface area contributed by atoms with Gasteiger partial charge in [-0.05, 0) is 11.5 Å². The van der Waals surface area contributed by atoms with Crippen molar-refractivity contribution in [1.82, 2.24) is 14.9 Å². The van der Waals surface area contributed by atoms with Crippen LogP contribution < -0.4 is 9.80 Å². The number of carbonyl (C=O) groups excluding carboxylic acids is 2. The summed E-state index contributed by atoms with van der Waals surface area (Å²) in [5, 5.41) is 10.4. The summed E-state index contributed by atoms with van der Waals surface area (Å²) >= 11 is 6.28. The maximum atomic E-state index is 16.2. The summed E-state index contributed by atoms with van der Waals surface area (Å²) in [7, 11) is 1.53. The highest BCUT2D eigenvalue weighted by atomic mass is 35.5. The summed E-state index contributed by atoms with van der Waals surface area (Å²) in [6, 6.07) is 8.10. The van der Waals surface area contributed by atoms with Gasteiger partial charge in [-0.2, -0.15) is 5.26 Å². The van der Waals surface area contributed by atoms with Gasteiger partial charge in [-0.25, -0.2) is 13.2 Å². The van der Waals surface area contributed by atoms with E-state index in [1.54, 1.807) is 29.2 Å². The number of pyridine rings is 2. The number of hydrogen-bond acceptors (Lipinski definition) is 6. The Hall–Kier alpha value is -4.69. The standard InChI is InChI=1S/C29H20ClF3N6O2/c1-14(31)28(40)38-13-21-29(41)37(2)20-11-36-26-18(27(20)39(21)12-16(38)8-9-34)10-35-25(24(26)33)17-5-3-4-15-6-7-19(32)23(30)22(15)17/h3-7,10-11,16,21H,1,8,12-13H2,2H3. The molecule has 0 spiro atoms. The first-order chi connectivity index (χ1) is 19.6. The van der Waals surface area contributed by atoms with E-state index in [4.69, 9.17) is 11.6 Å². The first-order valence-electron chi connectivity index (χ1n) is 12.5. The lowest BCUT2D eigenvalue weighted by molar-refractivity contribution is -0.133. The Labute approximate surface area is 236 Å². The van der Waals surface area contributed by atoms with Gasteiger partial charge in [-0.1, -0.05) is 42.4 Å². The topological polar surface area (TPSA) is 93.4 Å². The number of hydrogen-bond donors (Lipinski definition) is 0. The lowest BCUT2D eigenvalue weighted by atomic mass is 9.96. The van der Waals surface area contributed by atoms with Crippen molar-refractivity contribution in [3.63, 3.8) is 0 Å². The minimum Gasteiger partial charge on any atom is -0.354 e. The number of rotatable bonds is 3. The Balaban J connectivity index is 1.53. The molecule has 2 aliphatic heterocycles. The maximum Gasteiger partial charge on any atom is 0.282 e. The molecule has 1 saturated heterocycles. The molecule has 2 aromatic heterocycles. The highest BCUT2D eigenvalue weighted by Gasteiger charge is 2.46. The molecule has 0 saturated carbocycles. The molecule has 1 fully saturated rings. The van der Waals surface area contributed by atoms with Gasteiger partial charge in [0.05, 0.1) is 47.7 Å². The van der Waals surface area contributed by atoms with Crippen molar-refractivity contribution in [3.8, 4) is 17.3 Å². The smallest absolute Gasteiger partial charge is 0.282 e. The van der Waals surface area contributed by atoms with Crippen molar-refractivity contribution in [2.24, 2.45) is 0 Å². The van der Waals surface area contributed by atoms with E-state index in [1.165, 1.54) is 30.4 Å². The molecular weight excluding hydrogens is 557 g/mol. The zero-order chi connectivity index (χ0) is 29.2. The van der Waals surface area contributed by atoms with E-state index < -0.39 is 35.5 Å². The molecule has 4 heterocycles. The highest BCUT2D eigenvalue weighted by molar-refractivity contribution is 6.36. The maximum absolute atomic E-state index is 16.2. The fourth-order valence-electron chi connectivity index (χ4n) is 5.72. The van der Waals surface area contributed by atoms with Gasteiger partial charge in [0.2, 0.25) is 0 Å². The van der Waals surface area contributed by atoms with Gasteiger partial charge < -0.3 is 14.7 Å². The molecule has 6 rings (SSSR count). The number of carbonyl (C=O) groups is 2. The minimum absolute atomic E-state index is 0.00448. The molecule has 41 heavy (non-hydrogen) atoms.